The minimum Gasteiger partial charge on any atom is -0.507 e. The van der Waals surface area contributed by atoms with Gasteiger partial charge in [-0.1, -0.05) is 48.0 Å². The van der Waals surface area contributed by atoms with Crippen molar-refractivity contribution in [3.05, 3.63) is 101 Å². The fraction of sp³-hybridized carbons (Fsp3) is 0.120. The molecule has 31 heavy (non-hydrogen) atoms. The third-order valence-electron chi connectivity index (χ3n) is 5.29. The lowest BCUT2D eigenvalue weighted by atomic mass is 9.95. The van der Waals surface area contributed by atoms with Crippen molar-refractivity contribution in [1.82, 2.24) is 0 Å². The van der Waals surface area contributed by atoms with E-state index in [1.807, 2.05) is 6.92 Å². The van der Waals surface area contributed by atoms with Gasteiger partial charge in [-0.25, -0.2) is 4.39 Å². The van der Waals surface area contributed by atoms with E-state index >= 15 is 0 Å². The van der Waals surface area contributed by atoms with Crippen LogP contribution in [0.1, 0.15) is 22.7 Å². The van der Waals surface area contributed by atoms with E-state index in [2.05, 4.69) is 0 Å². The van der Waals surface area contributed by atoms with Crippen LogP contribution < -0.4 is 9.64 Å². The molecule has 6 heteroatoms. The van der Waals surface area contributed by atoms with Crippen molar-refractivity contribution in [3.63, 3.8) is 0 Å². The number of benzene rings is 3. The van der Waals surface area contributed by atoms with Crippen LogP contribution in [0, 0.1) is 12.7 Å². The topological polar surface area (TPSA) is 66.8 Å². The molecule has 1 amide bonds. The number of ether oxygens (including phenoxy) is 1. The normalized spacial score (nSPS) is 17.8. The molecule has 1 unspecified atom stereocenters. The molecule has 0 aromatic heterocycles. The van der Waals surface area contributed by atoms with Crippen LogP contribution in [0.3, 0.4) is 0 Å². The molecular weight excluding hydrogens is 397 g/mol. The zero-order chi connectivity index (χ0) is 22.1. The fourth-order valence-electron chi connectivity index (χ4n) is 3.69. The second-order valence-electron chi connectivity index (χ2n) is 7.29. The van der Waals surface area contributed by atoms with Crippen molar-refractivity contribution < 1.29 is 23.8 Å². The molecule has 1 fully saturated rings. The molecule has 5 nitrogen and oxygen atoms in total. The quantitative estimate of drug-likeness (QED) is 0.377. The van der Waals surface area contributed by atoms with E-state index in [1.165, 1.54) is 30.2 Å². The van der Waals surface area contributed by atoms with Gasteiger partial charge in [0.15, 0.2) is 0 Å². The molecule has 0 aliphatic carbocycles. The number of halogens is 1. The first-order valence-corrected chi connectivity index (χ1v) is 9.68. The number of ketones is 1. The molecule has 1 N–H and O–H groups in total. The first kappa shape index (κ1) is 20.3. The number of hydrogen-bond acceptors (Lipinski definition) is 4. The lowest BCUT2D eigenvalue weighted by molar-refractivity contribution is -0.132. The van der Waals surface area contributed by atoms with E-state index < -0.39 is 23.5 Å². The Labute approximate surface area is 179 Å². The second-order valence-corrected chi connectivity index (χ2v) is 7.29. The van der Waals surface area contributed by atoms with E-state index in [0.717, 1.165) is 5.56 Å². The third-order valence-corrected chi connectivity index (χ3v) is 5.29. The van der Waals surface area contributed by atoms with E-state index in [-0.39, 0.29) is 17.0 Å². The van der Waals surface area contributed by atoms with Gasteiger partial charge in [-0.15, -0.1) is 0 Å². The zero-order valence-corrected chi connectivity index (χ0v) is 17.0. The fourth-order valence-corrected chi connectivity index (χ4v) is 3.69. The Hall–Kier alpha value is -3.93. The van der Waals surface area contributed by atoms with Gasteiger partial charge in [-0.3, -0.25) is 14.5 Å². The molecule has 4 rings (SSSR count). The summed E-state index contributed by atoms with van der Waals surface area (Å²) in [5, 5.41) is 11.0. The molecule has 0 bridgehead atoms. The standard InChI is InChI=1S/C25H20FNO4/c1-15-6-8-17(9-7-15)23(28)21-22(16-10-12-20(31-2)13-11-16)27(25(30)24(21)29)19-5-3-4-18(26)14-19/h3-14,22,28H,1-2H3/b23-21+. The van der Waals surface area contributed by atoms with E-state index in [4.69, 9.17) is 4.74 Å². The molecule has 3 aromatic rings. The smallest absolute Gasteiger partial charge is 0.300 e. The minimum absolute atomic E-state index is 0.0525. The van der Waals surface area contributed by atoms with Crippen LogP contribution >= 0.6 is 0 Å². The van der Waals surface area contributed by atoms with Gasteiger partial charge in [0.25, 0.3) is 11.7 Å². The number of nitrogens with zero attached hydrogens (tertiary/aromatic N) is 1. The van der Waals surface area contributed by atoms with E-state index in [1.54, 1.807) is 54.6 Å². The number of amides is 1. The van der Waals surface area contributed by atoms with Crippen LogP contribution in [0.15, 0.2) is 78.4 Å². The SMILES string of the molecule is COc1ccc(C2/C(=C(\O)c3ccc(C)cc3)C(=O)C(=O)N2c2cccc(F)c2)cc1. The minimum atomic E-state index is -0.922. The van der Waals surface area contributed by atoms with Crippen molar-refractivity contribution in [2.75, 3.05) is 12.0 Å². The summed E-state index contributed by atoms with van der Waals surface area (Å²) >= 11 is 0. The summed E-state index contributed by atoms with van der Waals surface area (Å²) in [6.45, 7) is 1.91. The van der Waals surface area contributed by atoms with Crippen molar-refractivity contribution in [3.8, 4) is 5.75 Å². The first-order chi connectivity index (χ1) is 14.9. The van der Waals surface area contributed by atoms with Crippen molar-refractivity contribution in [2.24, 2.45) is 0 Å². The average molecular weight is 417 g/mol. The van der Waals surface area contributed by atoms with E-state index in [0.29, 0.717) is 16.9 Å². The molecule has 3 aromatic carbocycles. The van der Waals surface area contributed by atoms with Gasteiger partial charge in [0.1, 0.15) is 17.3 Å². The van der Waals surface area contributed by atoms with Crippen molar-refractivity contribution in [2.45, 2.75) is 13.0 Å². The second kappa shape index (κ2) is 8.07. The average Bonchev–Trinajstić information content (AvgIpc) is 3.04. The van der Waals surface area contributed by atoms with Crippen molar-refractivity contribution in [1.29, 1.82) is 0 Å². The molecule has 1 aliphatic rings. The highest BCUT2D eigenvalue weighted by Gasteiger charge is 2.47. The Morgan fingerprint density at radius 1 is 1.00 bits per heavy atom. The lowest BCUT2D eigenvalue weighted by Crippen LogP contribution is -2.29. The Morgan fingerprint density at radius 2 is 1.68 bits per heavy atom. The Kier molecular flexibility index (Phi) is 5.29. The molecule has 0 saturated carbocycles. The Bertz CT molecular complexity index is 1180. The maximum atomic E-state index is 13.9. The van der Waals surface area contributed by atoms with Gasteiger partial charge in [0, 0.05) is 11.3 Å². The van der Waals surface area contributed by atoms with Crippen LogP contribution in [-0.4, -0.2) is 23.9 Å². The summed E-state index contributed by atoms with van der Waals surface area (Å²) in [7, 11) is 1.53. The number of aliphatic hydroxyl groups excluding tert-OH is 1. The summed E-state index contributed by atoms with van der Waals surface area (Å²) in [4.78, 5) is 27.3. The predicted octanol–water partition coefficient (Wildman–Crippen LogP) is 4.77. The molecule has 1 saturated heterocycles. The molecule has 0 spiro atoms. The van der Waals surface area contributed by atoms with Gasteiger partial charge < -0.3 is 9.84 Å². The monoisotopic (exact) mass is 417 g/mol. The molecule has 1 heterocycles. The van der Waals surface area contributed by atoms with Gasteiger partial charge >= 0.3 is 0 Å². The first-order valence-electron chi connectivity index (χ1n) is 9.68. The molecular formula is C25H20FNO4. The number of hydrogen-bond donors (Lipinski definition) is 1. The number of carbonyl (C=O) groups is 2. The molecule has 1 aliphatic heterocycles. The summed E-state index contributed by atoms with van der Waals surface area (Å²) in [6, 6.07) is 18.4. The summed E-state index contributed by atoms with van der Waals surface area (Å²) in [5.74, 6) is -1.88. The van der Waals surface area contributed by atoms with Gasteiger partial charge in [-0.2, -0.15) is 0 Å². The van der Waals surface area contributed by atoms with Crippen LogP contribution in [0.2, 0.25) is 0 Å². The highest BCUT2D eigenvalue weighted by molar-refractivity contribution is 6.51. The van der Waals surface area contributed by atoms with Crippen LogP contribution in [0.25, 0.3) is 5.76 Å². The lowest BCUT2D eigenvalue weighted by Gasteiger charge is -2.25. The Balaban J connectivity index is 1.93. The van der Waals surface area contributed by atoms with E-state index in [9.17, 15) is 19.1 Å². The summed E-state index contributed by atoms with van der Waals surface area (Å²) in [6.07, 6.45) is 0. The third kappa shape index (κ3) is 3.68. The van der Waals surface area contributed by atoms with Crippen LogP contribution in [0.5, 0.6) is 5.75 Å². The molecule has 156 valence electrons. The number of methoxy groups -OCH3 is 1. The predicted molar refractivity (Wildman–Crippen MR) is 115 cm³/mol. The number of aryl methyl sites for hydroxylation is 1. The largest absolute Gasteiger partial charge is 0.507 e. The van der Waals surface area contributed by atoms with Gasteiger partial charge in [0.05, 0.1) is 18.7 Å². The van der Waals surface area contributed by atoms with Gasteiger partial charge in [-0.05, 0) is 42.8 Å². The summed E-state index contributed by atoms with van der Waals surface area (Å²) in [5.41, 5.74) is 2.16. The number of rotatable bonds is 4. The summed E-state index contributed by atoms with van der Waals surface area (Å²) < 4.78 is 19.1. The number of anilines is 1. The maximum absolute atomic E-state index is 13.9. The van der Waals surface area contributed by atoms with Crippen molar-refractivity contribution >= 4 is 23.1 Å². The zero-order valence-electron chi connectivity index (χ0n) is 17.0. The highest BCUT2D eigenvalue weighted by Crippen LogP contribution is 2.42. The number of Topliss-reactive ketones (excluding diaryl/α,β-unsaturated/α-hetero) is 1. The molecule has 0 radical (unpaired) electrons. The molecule has 1 atom stereocenters. The number of carbonyl (C=O) groups excluding carboxylic acids is 2. The van der Waals surface area contributed by atoms with Gasteiger partial charge in [0.2, 0.25) is 0 Å². The number of aliphatic hydroxyl groups is 1. The van der Waals surface area contributed by atoms with Crippen LogP contribution in [-0.2, 0) is 9.59 Å². The Morgan fingerprint density at radius 3 is 2.29 bits per heavy atom. The van der Waals surface area contributed by atoms with Crippen LogP contribution in [0.4, 0.5) is 10.1 Å². The maximum Gasteiger partial charge on any atom is 0.300 e. The highest BCUT2D eigenvalue weighted by atomic mass is 19.1.